The Balaban J connectivity index is 0. The summed E-state index contributed by atoms with van der Waals surface area (Å²) in [6.45, 7) is 2.23. The lowest BCUT2D eigenvalue weighted by molar-refractivity contribution is -0.137. The Morgan fingerprint density at radius 1 is 0.739 bits per heavy atom. The van der Waals surface area contributed by atoms with Crippen molar-refractivity contribution in [2.45, 2.75) is 71.1 Å². The van der Waals surface area contributed by atoms with Crippen LogP contribution in [-0.2, 0) is 4.79 Å². The van der Waals surface area contributed by atoms with Crippen LogP contribution < -0.4 is 0 Å². The lowest BCUT2D eigenvalue weighted by Gasteiger charge is -1.90. The fourth-order valence-corrected chi connectivity index (χ4v) is 1.93. The minimum absolute atomic E-state index is 0. The monoisotopic (exact) mass is 322 g/mol. The van der Waals surface area contributed by atoms with Gasteiger partial charge in [-0.05, 0) is 44.9 Å². The fourth-order valence-electron chi connectivity index (χ4n) is 1.93. The number of carbonyl (C=O) groups is 1. The maximum absolute atomic E-state index is 10.3. The van der Waals surface area contributed by atoms with E-state index in [1.165, 1.54) is 25.7 Å². The van der Waals surface area contributed by atoms with Gasteiger partial charge in [0, 0.05) is 6.42 Å². The molecule has 3 N–H and O–H groups in total. The van der Waals surface area contributed by atoms with E-state index in [1.807, 2.05) is 0 Å². The molecule has 0 saturated carbocycles. The maximum atomic E-state index is 10.3. The molecule has 0 radical (unpaired) electrons. The van der Waals surface area contributed by atoms with E-state index < -0.39 is 5.97 Å². The number of allylic oxidation sites excluding steroid dienone is 8. The Hall–Kier alpha value is -1.61. The summed E-state index contributed by atoms with van der Waals surface area (Å²) in [5, 5.41) is 8.49. The second-order valence-electron chi connectivity index (χ2n) is 5.37. The van der Waals surface area contributed by atoms with Gasteiger partial charge in [0.25, 0.3) is 0 Å². The fraction of sp³-hybridized carbons (Fsp3) is 0.550. The lowest BCUT2D eigenvalue weighted by atomic mass is 10.2. The smallest absolute Gasteiger partial charge is 0.303 e. The van der Waals surface area contributed by atoms with Crippen LogP contribution in [0.3, 0.4) is 0 Å². The van der Waals surface area contributed by atoms with Crippen LogP contribution in [0.5, 0.6) is 0 Å². The van der Waals surface area contributed by atoms with Crippen molar-refractivity contribution >= 4 is 5.97 Å². The molecule has 0 aromatic heterocycles. The first kappa shape index (κ1) is 23.7. The molecule has 0 heterocycles. The van der Waals surface area contributed by atoms with Gasteiger partial charge in [-0.3, -0.25) is 4.79 Å². The highest BCUT2D eigenvalue weighted by molar-refractivity contribution is 5.66. The van der Waals surface area contributed by atoms with E-state index in [4.69, 9.17) is 5.11 Å². The van der Waals surface area contributed by atoms with Crippen molar-refractivity contribution in [1.29, 1.82) is 0 Å². The summed E-state index contributed by atoms with van der Waals surface area (Å²) in [5.74, 6) is -0.712. The van der Waals surface area contributed by atoms with Crippen LogP contribution in [0.15, 0.2) is 48.6 Å². The highest BCUT2D eigenvalue weighted by Crippen LogP contribution is 2.01. The number of hydrogen-bond donors (Lipinski definition) is 1. The topological polar surface area (TPSA) is 68.8 Å². The molecule has 3 nitrogen and oxygen atoms in total. The first-order valence-electron chi connectivity index (χ1n) is 8.59. The van der Waals surface area contributed by atoms with Crippen LogP contribution in [0.1, 0.15) is 71.1 Å². The van der Waals surface area contributed by atoms with Crippen LogP contribution in [0.25, 0.3) is 0 Å². The molecule has 0 saturated heterocycles. The Kier molecular flexibility index (Phi) is 21.0. The molecule has 3 heteroatoms. The van der Waals surface area contributed by atoms with Crippen molar-refractivity contribution in [3.8, 4) is 0 Å². The molecule has 0 rings (SSSR count). The van der Waals surface area contributed by atoms with Gasteiger partial charge in [-0.1, -0.05) is 68.4 Å². The summed E-state index contributed by atoms with van der Waals surface area (Å²) >= 11 is 0. The van der Waals surface area contributed by atoms with Gasteiger partial charge in [-0.25, -0.2) is 0 Å². The first-order chi connectivity index (χ1) is 10.8. The average Bonchev–Trinajstić information content (AvgIpc) is 2.50. The lowest BCUT2D eigenvalue weighted by Crippen LogP contribution is -1.92. The van der Waals surface area contributed by atoms with Crippen LogP contribution in [0.4, 0.5) is 0 Å². The van der Waals surface area contributed by atoms with Gasteiger partial charge in [0.2, 0.25) is 0 Å². The summed E-state index contributed by atoms with van der Waals surface area (Å²) in [5.41, 5.74) is 0. The van der Waals surface area contributed by atoms with Gasteiger partial charge in [-0.15, -0.1) is 0 Å². The zero-order valence-corrected chi connectivity index (χ0v) is 14.5. The molecule has 132 valence electrons. The predicted molar refractivity (Wildman–Crippen MR) is 99.7 cm³/mol. The van der Waals surface area contributed by atoms with E-state index in [0.717, 1.165) is 32.1 Å². The quantitative estimate of drug-likeness (QED) is 0.344. The largest absolute Gasteiger partial charge is 0.481 e. The second kappa shape index (κ2) is 20.4. The zero-order chi connectivity index (χ0) is 16.3. The molecule has 0 atom stereocenters. The van der Waals surface area contributed by atoms with Gasteiger partial charge < -0.3 is 10.6 Å². The summed E-state index contributed by atoms with van der Waals surface area (Å²) in [7, 11) is 0. The van der Waals surface area contributed by atoms with Crippen molar-refractivity contribution in [2.24, 2.45) is 0 Å². The Bertz CT molecular complexity index is 365. The zero-order valence-electron chi connectivity index (χ0n) is 14.5. The van der Waals surface area contributed by atoms with E-state index in [0.29, 0.717) is 0 Å². The summed E-state index contributed by atoms with van der Waals surface area (Å²) < 4.78 is 0. The third kappa shape index (κ3) is 22.8. The number of hydrogen-bond acceptors (Lipinski definition) is 1. The van der Waals surface area contributed by atoms with Crippen LogP contribution in [0.2, 0.25) is 0 Å². The normalized spacial score (nSPS) is 11.9. The van der Waals surface area contributed by atoms with Crippen molar-refractivity contribution in [3.63, 3.8) is 0 Å². The number of unbranched alkanes of at least 4 members (excludes halogenated alkanes) is 4. The molecular weight excluding hydrogens is 288 g/mol. The molecule has 0 bridgehead atoms. The molecule has 23 heavy (non-hydrogen) atoms. The molecule has 0 aliphatic heterocycles. The standard InChI is InChI=1S/C20H32O2.H2O/c1-2-3-4-5-6-7-8-9-10-11-12-13-14-15-16-17-18-19-20(21)22;/h6-7,9-10,12-13,15-16H,2-5,8,11,14,17-19H2,1H3,(H,21,22);1H2/b7-6-,10-9-,13-12-,16-15-;. The first-order valence-corrected chi connectivity index (χ1v) is 8.59. The Morgan fingerprint density at radius 2 is 1.17 bits per heavy atom. The van der Waals surface area contributed by atoms with Gasteiger partial charge in [0.1, 0.15) is 0 Å². The summed E-state index contributed by atoms with van der Waals surface area (Å²) in [4.78, 5) is 10.3. The Labute approximate surface area is 141 Å². The van der Waals surface area contributed by atoms with Gasteiger partial charge in [0.05, 0.1) is 0 Å². The van der Waals surface area contributed by atoms with E-state index in [2.05, 4.69) is 55.5 Å². The molecular formula is C20H34O3. The van der Waals surface area contributed by atoms with Gasteiger partial charge >= 0.3 is 5.97 Å². The number of carboxylic acids is 1. The Morgan fingerprint density at radius 3 is 1.61 bits per heavy atom. The minimum atomic E-state index is -0.712. The van der Waals surface area contributed by atoms with E-state index >= 15 is 0 Å². The van der Waals surface area contributed by atoms with Crippen LogP contribution in [0, 0.1) is 0 Å². The molecule has 0 aromatic rings. The third-order valence-corrected chi connectivity index (χ3v) is 3.22. The number of carboxylic acid groups (broad SMARTS) is 1. The van der Waals surface area contributed by atoms with E-state index in [-0.39, 0.29) is 11.9 Å². The van der Waals surface area contributed by atoms with Crippen LogP contribution in [-0.4, -0.2) is 16.6 Å². The van der Waals surface area contributed by atoms with Crippen molar-refractivity contribution < 1.29 is 15.4 Å². The molecule has 0 amide bonds. The minimum Gasteiger partial charge on any atom is -0.481 e. The number of aliphatic carboxylic acids is 1. The molecule has 0 spiro atoms. The van der Waals surface area contributed by atoms with Gasteiger partial charge in [-0.2, -0.15) is 0 Å². The van der Waals surface area contributed by atoms with E-state index in [1.54, 1.807) is 0 Å². The maximum Gasteiger partial charge on any atom is 0.303 e. The van der Waals surface area contributed by atoms with Crippen molar-refractivity contribution in [1.82, 2.24) is 0 Å². The van der Waals surface area contributed by atoms with Crippen LogP contribution >= 0.6 is 0 Å². The summed E-state index contributed by atoms with van der Waals surface area (Å²) in [6, 6.07) is 0. The highest BCUT2D eigenvalue weighted by atomic mass is 16.4. The molecule has 0 aromatic carbocycles. The second-order valence-corrected chi connectivity index (χ2v) is 5.37. The number of rotatable bonds is 14. The predicted octanol–water partition coefficient (Wildman–Crippen LogP) is 5.39. The third-order valence-electron chi connectivity index (χ3n) is 3.22. The molecule has 0 fully saturated rings. The summed E-state index contributed by atoms with van der Waals surface area (Å²) in [6.07, 6.45) is 27.3. The van der Waals surface area contributed by atoms with Gasteiger partial charge in [0.15, 0.2) is 0 Å². The highest BCUT2D eigenvalue weighted by Gasteiger charge is 1.92. The molecule has 0 aliphatic rings. The average molecular weight is 322 g/mol. The molecule has 0 aliphatic carbocycles. The van der Waals surface area contributed by atoms with E-state index in [9.17, 15) is 4.79 Å². The molecule has 0 unspecified atom stereocenters. The van der Waals surface area contributed by atoms with Crippen molar-refractivity contribution in [2.75, 3.05) is 0 Å². The van der Waals surface area contributed by atoms with Crippen molar-refractivity contribution in [3.05, 3.63) is 48.6 Å². The SMILES string of the molecule is CCCCC/C=C\C/C=C\C/C=C\C/C=C\CCCC(=O)O.O.